The summed E-state index contributed by atoms with van der Waals surface area (Å²) in [5.41, 5.74) is 1.14. The molecule has 106 valence electrons. The lowest BCUT2D eigenvalue weighted by molar-refractivity contribution is -0.104. The maximum atomic E-state index is 10.3. The van der Waals surface area contributed by atoms with Crippen LogP contribution < -0.4 is 0 Å². The summed E-state index contributed by atoms with van der Waals surface area (Å²) in [7, 11) is -1.67. The largest absolute Gasteiger partial charge is 0.417 e. The van der Waals surface area contributed by atoms with E-state index in [0.29, 0.717) is 5.92 Å². The average Bonchev–Trinajstić information content (AvgIpc) is 2.24. The van der Waals surface area contributed by atoms with E-state index in [1.54, 1.807) is 6.08 Å². The summed E-state index contributed by atoms with van der Waals surface area (Å²) in [4.78, 5) is 10.3. The molecule has 0 fully saturated rings. The summed E-state index contributed by atoms with van der Waals surface area (Å²) < 4.78 is 6.21. The summed E-state index contributed by atoms with van der Waals surface area (Å²) in [5, 5.41) is 0.278. The van der Waals surface area contributed by atoms with E-state index in [4.69, 9.17) is 4.43 Å². The molecule has 0 atom stereocenters. The smallest absolute Gasteiger partial charge is 0.192 e. The van der Waals surface area contributed by atoms with Crippen molar-refractivity contribution in [2.24, 2.45) is 5.92 Å². The SMILES string of the molecule is C/C(=C\C=O)CCCO[Si](C)(C)C(C)(C)C(C)C. The minimum atomic E-state index is -1.67. The van der Waals surface area contributed by atoms with Gasteiger partial charge in [-0.2, -0.15) is 0 Å². The van der Waals surface area contributed by atoms with E-state index in [1.807, 2.05) is 6.92 Å². The van der Waals surface area contributed by atoms with Gasteiger partial charge in [0.2, 0.25) is 0 Å². The van der Waals surface area contributed by atoms with Crippen LogP contribution in [0, 0.1) is 5.92 Å². The molecule has 0 aliphatic rings. The van der Waals surface area contributed by atoms with Crippen molar-refractivity contribution in [1.82, 2.24) is 0 Å². The number of hydrogen-bond donors (Lipinski definition) is 0. The van der Waals surface area contributed by atoms with Crippen molar-refractivity contribution >= 4 is 14.6 Å². The first kappa shape index (κ1) is 17.6. The molecule has 0 rings (SSSR count). The van der Waals surface area contributed by atoms with Gasteiger partial charge < -0.3 is 4.43 Å². The van der Waals surface area contributed by atoms with E-state index in [2.05, 4.69) is 40.8 Å². The molecular formula is C15H30O2Si. The van der Waals surface area contributed by atoms with Crippen molar-refractivity contribution < 1.29 is 9.22 Å². The summed E-state index contributed by atoms with van der Waals surface area (Å²) in [6.45, 7) is 16.6. The number of hydrogen-bond acceptors (Lipinski definition) is 2. The topological polar surface area (TPSA) is 26.3 Å². The van der Waals surface area contributed by atoms with Gasteiger partial charge in [-0.1, -0.05) is 33.3 Å². The molecule has 0 amide bonds. The van der Waals surface area contributed by atoms with Gasteiger partial charge in [-0.05, 0) is 49.9 Å². The molecule has 18 heavy (non-hydrogen) atoms. The number of carbonyl (C=O) groups is 1. The molecule has 0 aromatic carbocycles. The van der Waals surface area contributed by atoms with Gasteiger partial charge in [0.15, 0.2) is 8.32 Å². The van der Waals surface area contributed by atoms with Crippen LogP contribution in [0.5, 0.6) is 0 Å². The molecule has 0 N–H and O–H groups in total. The van der Waals surface area contributed by atoms with Gasteiger partial charge in [0, 0.05) is 6.61 Å². The summed E-state index contributed by atoms with van der Waals surface area (Å²) >= 11 is 0. The zero-order chi connectivity index (χ0) is 14.4. The molecule has 0 unspecified atom stereocenters. The first-order valence-electron chi connectivity index (χ1n) is 6.90. The van der Waals surface area contributed by atoms with E-state index in [9.17, 15) is 4.79 Å². The van der Waals surface area contributed by atoms with Crippen LogP contribution in [-0.4, -0.2) is 21.2 Å². The highest BCUT2D eigenvalue weighted by atomic mass is 28.4. The molecule has 0 bridgehead atoms. The molecule has 0 saturated heterocycles. The molecule has 3 heteroatoms. The van der Waals surface area contributed by atoms with E-state index in [0.717, 1.165) is 31.3 Å². The van der Waals surface area contributed by atoms with Gasteiger partial charge in [0.05, 0.1) is 0 Å². The van der Waals surface area contributed by atoms with Crippen LogP contribution in [0.15, 0.2) is 11.6 Å². The molecule has 0 spiro atoms. The van der Waals surface area contributed by atoms with Gasteiger partial charge in [-0.15, -0.1) is 0 Å². The van der Waals surface area contributed by atoms with Crippen molar-refractivity contribution in [3.8, 4) is 0 Å². The average molecular weight is 270 g/mol. The Balaban J connectivity index is 4.21. The second-order valence-electron chi connectivity index (χ2n) is 6.49. The molecule has 0 aromatic heterocycles. The normalized spacial score (nSPS) is 14.1. The fourth-order valence-electron chi connectivity index (χ4n) is 1.76. The highest BCUT2D eigenvalue weighted by Gasteiger charge is 2.42. The number of aldehydes is 1. The number of carbonyl (C=O) groups excluding carboxylic acids is 1. The Morgan fingerprint density at radius 1 is 1.33 bits per heavy atom. The zero-order valence-electron chi connectivity index (χ0n) is 13.2. The molecule has 0 saturated carbocycles. The first-order chi connectivity index (χ1) is 8.15. The standard InChI is InChI=1S/C15H30O2Si/c1-13(2)15(4,5)18(6,7)17-12-8-9-14(3)10-11-16/h10-11,13H,8-9,12H2,1-7H3/b14-10+. The van der Waals surface area contributed by atoms with Crippen molar-refractivity contribution in [3.63, 3.8) is 0 Å². The van der Waals surface area contributed by atoms with Gasteiger partial charge in [-0.25, -0.2) is 0 Å². The number of rotatable bonds is 8. The predicted octanol–water partition coefficient (Wildman–Crippen LogP) is 4.57. The highest BCUT2D eigenvalue weighted by molar-refractivity contribution is 6.74. The summed E-state index contributed by atoms with van der Waals surface area (Å²) in [5.74, 6) is 0.635. The Morgan fingerprint density at radius 2 is 1.89 bits per heavy atom. The molecule has 0 aromatic rings. The van der Waals surface area contributed by atoms with Crippen LogP contribution in [0.4, 0.5) is 0 Å². The van der Waals surface area contributed by atoms with Crippen LogP contribution >= 0.6 is 0 Å². The second-order valence-corrected chi connectivity index (χ2v) is 11.1. The van der Waals surface area contributed by atoms with Crippen LogP contribution in [-0.2, 0) is 9.22 Å². The third kappa shape index (κ3) is 5.07. The Labute approximate surface area is 114 Å². The van der Waals surface area contributed by atoms with Crippen molar-refractivity contribution in [2.45, 2.75) is 65.6 Å². The minimum absolute atomic E-state index is 0.278. The highest BCUT2D eigenvalue weighted by Crippen LogP contribution is 2.44. The second kappa shape index (κ2) is 7.24. The third-order valence-corrected chi connectivity index (χ3v) is 9.13. The van der Waals surface area contributed by atoms with E-state index < -0.39 is 8.32 Å². The summed E-state index contributed by atoms with van der Waals surface area (Å²) in [6, 6.07) is 0. The van der Waals surface area contributed by atoms with Crippen LogP contribution in [0.1, 0.15) is 47.5 Å². The van der Waals surface area contributed by atoms with Gasteiger partial charge in [0.25, 0.3) is 0 Å². The van der Waals surface area contributed by atoms with Crippen LogP contribution in [0.25, 0.3) is 0 Å². The van der Waals surface area contributed by atoms with Gasteiger partial charge >= 0.3 is 0 Å². The van der Waals surface area contributed by atoms with Crippen molar-refractivity contribution in [3.05, 3.63) is 11.6 Å². The molecule has 0 aliphatic carbocycles. The lowest BCUT2D eigenvalue weighted by atomic mass is 9.99. The van der Waals surface area contributed by atoms with E-state index in [1.165, 1.54) is 0 Å². The van der Waals surface area contributed by atoms with Crippen molar-refractivity contribution in [2.75, 3.05) is 6.61 Å². The van der Waals surface area contributed by atoms with Crippen LogP contribution in [0.2, 0.25) is 18.1 Å². The fraction of sp³-hybridized carbons (Fsp3) is 0.800. The Hall–Kier alpha value is -0.413. The Kier molecular flexibility index (Phi) is 7.08. The first-order valence-corrected chi connectivity index (χ1v) is 9.81. The van der Waals surface area contributed by atoms with E-state index in [-0.39, 0.29) is 5.04 Å². The Bertz CT molecular complexity index is 291. The Morgan fingerprint density at radius 3 is 2.33 bits per heavy atom. The van der Waals surface area contributed by atoms with Crippen LogP contribution in [0.3, 0.4) is 0 Å². The molecule has 0 radical (unpaired) electrons. The van der Waals surface area contributed by atoms with Gasteiger partial charge in [-0.3, -0.25) is 4.79 Å². The maximum absolute atomic E-state index is 10.3. The maximum Gasteiger partial charge on any atom is 0.192 e. The summed E-state index contributed by atoms with van der Waals surface area (Å²) in [6.07, 6.45) is 4.45. The minimum Gasteiger partial charge on any atom is -0.417 e. The monoisotopic (exact) mass is 270 g/mol. The molecule has 0 aliphatic heterocycles. The molecular weight excluding hydrogens is 240 g/mol. The van der Waals surface area contributed by atoms with E-state index >= 15 is 0 Å². The quantitative estimate of drug-likeness (QED) is 0.279. The number of allylic oxidation sites excluding steroid dienone is 2. The predicted molar refractivity (Wildman–Crippen MR) is 81.4 cm³/mol. The lowest BCUT2D eigenvalue weighted by Crippen LogP contribution is -2.45. The molecule has 0 heterocycles. The van der Waals surface area contributed by atoms with Gasteiger partial charge in [0.1, 0.15) is 6.29 Å². The lowest BCUT2D eigenvalue weighted by Gasteiger charge is -2.42. The third-order valence-electron chi connectivity index (χ3n) is 4.53. The zero-order valence-corrected chi connectivity index (χ0v) is 14.2. The fourth-order valence-corrected chi connectivity index (χ4v) is 4.18. The van der Waals surface area contributed by atoms with Crippen molar-refractivity contribution in [1.29, 1.82) is 0 Å². The molecule has 2 nitrogen and oxygen atoms in total.